The van der Waals surface area contributed by atoms with Crippen molar-refractivity contribution in [2.45, 2.75) is 37.2 Å². The van der Waals surface area contributed by atoms with Gasteiger partial charge in [-0.05, 0) is 30.5 Å². The van der Waals surface area contributed by atoms with Crippen molar-refractivity contribution in [3.8, 4) is 0 Å². The van der Waals surface area contributed by atoms with Gasteiger partial charge in [-0.3, -0.25) is 4.79 Å². The van der Waals surface area contributed by atoms with Crippen molar-refractivity contribution in [3.05, 3.63) is 35.4 Å². The van der Waals surface area contributed by atoms with Gasteiger partial charge in [0.05, 0.1) is 11.2 Å². The van der Waals surface area contributed by atoms with Gasteiger partial charge in [0.1, 0.15) is 6.42 Å². The van der Waals surface area contributed by atoms with Crippen molar-refractivity contribution in [1.82, 2.24) is 4.90 Å². The van der Waals surface area contributed by atoms with Gasteiger partial charge in [0.25, 0.3) is 0 Å². The number of piperidine rings is 1. The van der Waals surface area contributed by atoms with Crippen LogP contribution in [0, 0.1) is 0 Å². The number of hydrogen-bond acceptors (Lipinski definition) is 2. The molecule has 1 amide bonds. The molecule has 9 heteroatoms. The van der Waals surface area contributed by atoms with E-state index in [2.05, 4.69) is 0 Å². The molecule has 0 spiro atoms. The number of alkyl halides is 6. The van der Waals surface area contributed by atoms with E-state index in [-0.39, 0.29) is 31.5 Å². The largest absolute Gasteiger partial charge is 0.416 e. The average Bonchev–Trinajstić information content (AvgIpc) is 2.45. The number of rotatable bonds is 2. The highest BCUT2D eigenvalue weighted by Gasteiger charge is 2.40. The quantitative estimate of drug-likeness (QED) is 0.826. The summed E-state index contributed by atoms with van der Waals surface area (Å²) in [6.07, 6.45) is -11.0. The lowest BCUT2D eigenvalue weighted by Crippen LogP contribution is -2.46. The summed E-state index contributed by atoms with van der Waals surface area (Å²) in [6, 6.07) is 4.20. The van der Waals surface area contributed by atoms with Crippen molar-refractivity contribution in [3.63, 3.8) is 0 Å². The molecule has 24 heavy (non-hydrogen) atoms. The monoisotopic (exact) mass is 355 g/mol. The van der Waals surface area contributed by atoms with Crippen molar-refractivity contribution in [2.24, 2.45) is 0 Å². The Kier molecular flexibility index (Phi) is 4.85. The Bertz CT molecular complexity index is 603. The number of likely N-dealkylation sites (tertiary alicyclic amines) is 1. The summed E-state index contributed by atoms with van der Waals surface area (Å²) in [5.41, 5.74) is -2.47. The normalized spacial score (nSPS) is 18.5. The predicted octanol–water partition coefficient (Wildman–Crippen LogP) is 3.47. The van der Waals surface area contributed by atoms with Crippen molar-refractivity contribution in [1.29, 1.82) is 0 Å². The van der Waals surface area contributed by atoms with Gasteiger partial charge < -0.3 is 10.0 Å². The zero-order chi connectivity index (χ0) is 18.2. The number of aliphatic hydroxyl groups is 1. The summed E-state index contributed by atoms with van der Waals surface area (Å²) in [5, 5.41) is 10.5. The number of halogens is 6. The van der Waals surface area contributed by atoms with E-state index >= 15 is 0 Å². The van der Waals surface area contributed by atoms with E-state index in [1.807, 2.05) is 0 Å². The van der Waals surface area contributed by atoms with Crippen LogP contribution in [0.2, 0.25) is 0 Å². The molecule has 0 radical (unpaired) electrons. The fraction of sp³-hybridized carbons (Fsp3) is 0.533. The number of benzene rings is 1. The predicted molar refractivity (Wildman–Crippen MR) is 71.8 cm³/mol. The van der Waals surface area contributed by atoms with Gasteiger partial charge in [0.2, 0.25) is 5.91 Å². The lowest BCUT2D eigenvalue weighted by Gasteiger charge is -2.38. The number of hydrogen-bond donors (Lipinski definition) is 1. The van der Waals surface area contributed by atoms with Crippen LogP contribution in [-0.2, 0) is 16.6 Å². The van der Waals surface area contributed by atoms with Crippen molar-refractivity contribution < 1.29 is 36.2 Å². The van der Waals surface area contributed by atoms with E-state index in [1.165, 1.54) is 6.07 Å². The van der Waals surface area contributed by atoms with Crippen LogP contribution in [0.15, 0.2) is 24.3 Å². The van der Waals surface area contributed by atoms with Crippen LogP contribution in [0.4, 0.5) is 26.3 Å². The third-order valence-electron chi connectivity index (χ3n) is 4.02. The van der Waals surface area contributed by atoms with E-state index in [1.54, 1.807) is 0 Å². The van der Waals surface area contributed by atoms with Crippen LogP contribution in [-0.4, -0.2) is 35.2 Å². The van der Waals surface area contributed by atoms with E-state index in [4.69, 9.17) is 0 Å². The van der Waals surface area contributed by atoms with Crippen LogP contribution >= 0.6 is 0 Å². The number of carbonyl (C=O) groups excluding carboxylic acids is 1. The summed E-state index contributed by atoms with van der Waals surface area (Å²) in [6.45, 7) is -0.302. The minimum atomic E-state index is -4.62. The first-order valence-corrected chi connectivity index (χ1v) is 7.15. The lowest BCUT2D eigenvalue weighted by atomic mass is 9.83. The molecule has 1 aliphatic heterocycles. The minimum absolute atomic E-state index is 0.0419. The molecule has 1 aromatic carbocycles. The van der Waals surface area contributed by atoms with Crippen LogP contribution in [0.1, 0.15) is 30.4 Å². The van der Waals surface area contributed by atoms with Crippen LogP contribution < -0.4 is 0 Å². The van der Waals surface area contributed by atoms with E-state index in [0.29, 0.717) is 0 Å². The highest BCUT2D eigenvalue weighted by atomic mass is 19.4. The maximum Gasteiger partial charge on any atom is 0.416 e. The van der Waals surface area contributed by atoms with Crippen molar-refractivity contribution in [2.75, 3.05) is 13.1 Å². The van der Waals surface area contributed by atoms with Gasteiger partial charge >= 0.3 is 12.4 Å². The summed E-state index contributed by atoms with van der Waals surface area (Å²) in [4.78, 5) is 12.5. The minimum Gasteiger partial charge on any atom is -0.385 e. The third-order valence-corrected chi connectivity index (χ3v) is 4.02. The number of amides is 1. The molecule has 1 fully saturated rings. The second-order valence-electron chi connectivity index (χ2n) is 5.78. The molecule has 0 saturated carbocycles. The maximum absolute atomic E-state index is 12.7. The highest BCUT2D eigenvalue weighted by molar-refractivity contribution is 5.77. The number of carbonyl (C=O) groups is 1. The van der Waals surface area contributed by atoms with Crippen LogP contribution in [0.25, 0.3) is 0 Å². The first-order chi connectivity index (χ1) is 10.9. The first kappa shape index (κ1) is 18.6. The lowest BCUT2D eigenvalue weighted by molar-refractivity contribution is -0.164. The second kappa shape index (κ2) is 6.27. The molecule has 0 unspecified atom stereocenters. The Balaban J connectivity index is 2.09. The second-order valence-corrected chi connectivity index (χ2v) is 5.78. The van der Waals surface area contributed by atoms with Gasteiger partial charge in [-0.2, -0.15) is 26.3 Å². The Morgan fingerprint density at radius 1 is 1.12 bits per heavy atom. The smallest absolute Gasteiger partial charge is 0.385 e. The van der Waals surface area contributed by atoms with Crippen LogP contribution in [0.5, 0.6) is 0 Å². The Morgan fingerprint density at radius 3 is 2.21 bits per heavy atom. The zero-order valence-corrected chi connectivity index (χ0v) is 12.4. The standard InChI is InChI=1S/C15H15F6NO2/c16-14(17,18)9-12(23)22-6-4-13(24,5-7-22)10-2-1-3-11(8-10)15(19,20)21/h1-3,8,24H,4-7,9H2. The van der Waals surface area contributed by atoms with Gasteiger partial charge in [-0.25, -0.2) is 0 Å². The SMILES string of the molecule is O=C(CC(F)(F)F)N1CCC(O)(c2cccc(C(F)(F)F)c2)CC1. The summed E-state index contributed by atoms with van der Waals surface area (Å²) in [5.74, 6) is -1.10. The van der Waals surface area contributed by atoms with Crippen molar-refractivity contribution >= 4 is 5.91 Å². The molecular formula is C15H15F6NO2. The Labute approximate surface area is 133 Å². The molecule has 3 nitrogen and oxygen atoms in total. The molecule has 0 aliphatic carbocycles. The van der Waals surface area contributed by atoms with E-state index in [0.717, 1.165) is 23.1 Å². The van der Waals surface area contributed by atoms with Gasteiger partial charge in [0.15, 0.2) is 0 Å². The van der Waals surface area contributed by atoms with E-state index < -0.39 is 35.8 Å². The molecule has 0 atom stereocenters. The third kappa shape index (κ3) is 4.40. The average molecular weight is 355 g/mol. The van der Waals surface area contributed by atoms with E-state index in [9.17, 15) is 36.2 Å². The topological polar surface area (TPSA) is 40.5 Å². The van der Waals surface area contributed by atoms with Gasteiger partial charge in [-0.1, -0.05) is 12.1 Å². The molecule has 2 rings (SSSR count). The summed E-state index contributed by atoms with van der Waals surface area (Å²) >= 11 is 0. The fourth-order valence-electron chi connectivity index (χ4n) is 2.68. The first-order valence-electron chi connectivity index (χ1n) is 7.15. The molecule has 134 valence electrons. The van der Waals surface area contributed by atoms with Gasteiger partial charge in [-0.15, -0.1) is 0 Å². The molecule has 0 bridgehead atoms. The highest BCUT2D eigenvalue weighted by Crippen LogP contribution is 2.37. The molecular weight excluding hydrogens is 340 g/mol. The Hall–Kier alpha value is -1.77. The Morgan fingerprint density at radius 2 is 1.71 bits per heavy atom. The maximum atomic E-state index is 12.7. The zero-order valence-electron chi connectivity index (χ0n) is 12.4. The molecule has 1 saturated heterocycles. The molecule has 1 aliphatic rings. The molecule has 1 heterocycles. The molecule has 1 aromatic rings. The number of nitrogens with zero attached hydrogens (tertiary/aromatic N) is 1. The molecule has 0 aromatic heterocycles. The summed E-state index contributed by atoms with van der Waals surface area (Å²) in [7, 11) is 0. The van der Waals surface area contributed by atoms with Gasteiger partial charge in [0, 0.05) is 13.1 Å². The fourth-order valence-corrected chi connectivity index (χ4v) is 2.68. The molecule has 1 N–H and O–H groups in total. The summed E-state index contributed by atoms with van der Waals surface area (Å²) < 4.78 is 74.9. The van der Waals surface area contributed by atoms with Crippen LogP contribution in [0.3, 0.4) is 0 Å².